The molecule has 1 amide bonds. The summed E-state index contributed by atoms with van der Waals surface area (Å²) in [6.07, 6.45) is 2.83. The molecule has 1 aliphatic rings. The number of nitrogens with one attached hydrogen (secondary N) is 2. The highest BCUT2D eigenvalue weighted by Crippen LogP contribution is 2.27. The zero-order valence-corrected chi connectivity index (χ0v) is 9.82. The second-order valence-electron chi connectivity index (χ2n) is 4.49. The van der Waals surface area contributed by atoms with Crippen molar-refractivity contribution in [1.82, 2.24) is 10.3 Å². The first kappa shape index (κ1) is 11.9. The molecule has 5 nitrogen and oxygen atoms in total. The van der Waals surface area contributed by atoms with E-state index in [2.05, 4.69) is 10.3 Å². The summed E-state index contributed by atoms with van der Waals surface area (Å²) < 4.78 is 0. The van der Waals surface area contributed by atoms with E-state index in [1.807, 2.05) is 6.07 Å². The first-order valence-electron chi connectivity index (χ1n) is 5.85. The quantitative estimate of drug-likeness (QED) is 0.700. The highest BCUT2D eigenvalue weighted by Gasteiger charge is 2.23. The van der Waals surface area contributed by atoms with Gasteiger partial charge in [0.25, 0.3) is 0 Å². The minimum Gasteiger partial charge on any atom is -0.368 e. The van der Waals surface area contributed by atoms with E-state index >= 15 is 0 Å². The van der Waals surface area contributed by atoms with Crippen molar-refractivity contribution in [3.63, 3.8) is 0 Å². The number of fused-ring (bicyclic) bond motifs is 1. The van der Waals surface area contributed by atoms with Crippen molar-refractivity contribution in [1.29, 1.82) is 0 Å². The molecule has 0 radical (unpaired) electrons. The molecule has 17 heavy (non-hydrogen) atoms. The van der Waals surface area contributed by atoms with E-state index < -0.39 is 0 Å². The summed E-state index contributed by atoms with van der Waals surface area (Å²) in [4.78, 5) is 25.1. The standard InChI is InChI=1S/C12H17N3O2/c1-7(12(13)17)14-9-3-2-4-10-8(9)5-6-11(16)15-10/h5-7,9,14H,2-4H2,1H3,(H2,13,17)(H,15,16). The highest BCUT2D eigenvalue weighted by atomic mass is 16.1. The van der Waals surface area contributed by atoms with Gasteiger partial charge in [-0.1, -0.05) is 6.07 Å². The third-order valence-corrected chi connectivity index (χ3v) is 3.21. The molecule has 4 N–H and O–H groups in total. The zero-order valence-electron chi connectivity index (χ0n) is 9.82. The topological polar surface area (TPSA) is 88.0 Å². The van der Waals surface area contributed by atoms with Crippen LogP contribution in [0.4, 0.5) is 0 Å². The van der Waals surface area contributed by atoms with Crippen LogP contribution in [-0.4, -0.2) is 16.9 Å². The maximum atomic E-state index is 11.2. The number of amides is 1. The maximum Gasteiger partial charge on any atom is 0.248 e. The predicted octanol–water partition coefficient (Wildman–Crippen LogP) is 0.216. The third-order valence-electron chi connectivity index (χ3n) is 3.21. The van der Waals surface area contributed by atoms with Crippen molar-refractivity contribution in [2.75, 3.05) is 0 Å². The maximum absolute atomic E-state index is 11.2. The smallest absolute Gasteiger partial charge is 0.248 e. The Morgan fingerprint density at radius 3 is 3.06 bits per heavy atom. The molecule has 5 heteroatoms. The molecule has 0 aromatic carbocycles. The number of rotatable bonds is 3. The van der Waals surface area contributed by atoms with Crippen LogP contribution in [0, 0.1) is 0 Å². The Labute approximate surface area is 99.4 Å². The predicted molar refractivity (Wildman–Crippen MR) is 64.5 cm³/mol. The third kappa shape index (κ3) is 2.55. The van der Waals surface area contributed by atoms with Crippen molar-refractivity contribution < 1.29 is 4.79 Å². The molecule has 1 heterocycles. The molecule has 2 atom stereocenters. The zero-order chi connectivity index (χ0) is 12.4. The fraction of sp³-hybridized carbons (Fsp3) is 0.500. The molecule has 1 aromatic rings. The van der Waals surface area contributed by atoms with Crippen molar-refractivity contribution in [3.8, 4) is 0 Å². The minimum absolute atomic E-state index is 0.0765. The second-order valence-corrected chi connectivity index (χ2v) is 4.49. The molecule has 1 aliphatic carbocycles. The fourth-order valence-corrected chi connectivity index (χ4v) is 2.26. The average molecular weight is 235 g/mol. The number of primary amides is 1. The molecule has 1 aromatic heterocycles. The fourth-order valence-electron chi connectivity index (χ4n) is 2.26. The molecule has 0 spiro atoms. The monoisotopic (exact) mass is 235 g/mol. The van der Waals surface area contributed by atoms with Gasteiger partial charge in [0.15, 0.2) is 0 Å². The van der Waals surface area contributed by atoms with E-state index in [-0.39, 0.29) is 23.6 Å². The van der Waals surface area contributed by atoms with E-state index in [0.717, 1.165) is 30.5 Å². The first-order valence-corrected chi connectivity index (χ1v) is 5.85. The van der Waals surface area contributed by atoms with Gasteiger partial charge in [-0.3, -0.25) is 14.9 Å². The van der Waals surface area contributed by atoms with Crippen LogP contribution >= 0.6 is 0 Å². The number of hydrogen-bond acceptors (Lipinski definition) is 3. The van der Waals surface area contributed by atoms with Gasteiger partial charge in [-0.25, -0.2) is 0 Å². The Kier molecular flexibility index (Phi) is 3.28. The Hall–Kier alpha value is -1.62. The summed E-state index contributed by atoms with van der Waals surface area (Å²) in [5, 5.41) is 3.20. The van der Waals surface area contributed by atoms with Gasteiger partial charge in [0.05, 0.1) is 6.04 Å². The summed E-state index contributed by atoms with van der Waals surface area (Å²) in [6.45, 7) is 1.75. The SMILES string of the molecule is CC(NC1CCCc2[nH]c(=O)ccc21)C(N)=O. The van der Waals surface area contributed by atoms with Gasteiger partial charge in [-0.2, -0.15) is 0 Å². The van der Waals surface area contributed by atoms with E-state index in [9.17, 15) is 9.59 Å². The Bertz CT molecular complexity index is 481. The lowest BCUT2D eigenvalue weighted by atomic mass is 9.91. The highest BCUT2D eigenvalue weighted by molar-refractivity contribution is 5.79. The summed E-state index contributed by atoms with van der Waals surface area (Å²) in [7, 11) is 0. The number of carbonyl (C=O) groups excluding carboxylic acids is 1. The van der Waals surface area contributed by atoms with Crippen molar-refractivity contribution in [2.45, 2.75) is 38.3 Å². The number of carbonyl (C=O) groups is 1. The van der Waals surface area contributed by atoms with Gasteiger partial charge in [-0.05, 0) is 31.7 Å². The van der Waals surface area contributed by atoms with Crippen molar-refractivity contribution in [3.05, 3.63) is 33.7 Å². The molecule has 0 saturated heterocycles. The van der Waals surface area contributed by atoms with E-state index in [1.165, 1.54) is 6.07 Å². The lowest BCUT2D eigenvalue weighted by molar-refractivity contribution is -0.119. The number of aromatic nitrogens is 1. The average Bonchev–Trinajstić information content (AvgIpc) is 2.28. The van der Waals surface area contributed by atoms with Crippen LogP contribution in [0.2, 0.25) is 0 Å². The minimum atomic E-state index is -0.363. The van der Waals surface area contributed by atoms with Gasteiger partial charge < -0.3 is 10.7 Å². The van der Waals surface area contributed by atoms with Gasteiger partial charge >= 0.3 is 0 Å². The largest absolute Gasteiger partial charge is 0.368 e. The lowest BCUT2D eigenvalue weighted by Crippen LogP contribution is -2.42. The summed E-state index contributed by atoms with van der Waals surface area (Å²) >= 11 is 0. The van der Waals surface area contributed by atoms with Crippen LogP contribution < -0.4 is 16.6 Å². The van der Waals surface area contributed by atoms with E-state index in [4.69, 9.17) is 5.73 Å². The number of H-pyrrole nitrogens is 1. The summed E-state index contributed by atoms with van der Waals surface area (Å²) in [5.74, 6) is -0.360. The molecule has 2 unspecified atom stereocenters. The van der Waals surface area contributed by atoms with Crippen molar-refractivity contribution in [2.24, 2.45) is 5.73 Å². The van der Waals surface area contributed by atoms with Crippen LogP contribution in [0.25, 0.3) is 0 Å². The number of aromatic amines is 1. The van der Waals surface area contributed by atoms with Crippen molar-refractivity contribution >= 4 is 5.91 Å². The molecular weight excluding hydrogens is 218 g/mol. The van der Waals surface area contributed by atoms with E-state index in [0.29, 0.717) is 0 Å². The normalized spacial score (nSPS) is 20.6. The van der Waals surface area contributed by atoms with Crippen LogP contribution in [0.5, 0.6) is 0 Å². The van der Waals surface area contributed by atoms with Gasteiger partial charge in [-0.15, -0.1) is 0 Å². The lowest BCUT2D eigenvalue weighted by Gasteiger charge is -2.27. The first-order chi connectivity index (χ1) is 8.08. The summed E-state index contributed by atoms with van der Waals surface area (Å²) in [6, 6.07) is 3.09. The Morgan fingerprint density at radius 1 is 1.59 bits per heavy atom. The van der Waals surface area contributed by atoms with Crippen LogP contribution in [0.3, 0.4) is 0 Å². The van der Waals surface area contributed by atoms with Crippen LogP contribution in [0.1, 0.15) is 37.1 Å². The van der Waals surface area contributed by atoms with Gasteiger partial charge in [0, 0.05) is 17.8 Å². The number of pyridine rings is 1. The van der Waals surface area contributed by atoms with Crippen LogP contribution in [0.15, 0.2) is 16.9 Å². The summed E-state index contributed by atoms with van der Waals surface area (Å²) in [5.41, 5.74) is 7.20. The van der Waals surface area contributed by atoms with Gasteiger partial charge in [0.2, 0.25) is 11.5 Å². The Balaban J connectivity index is 2.23. The molecule has 0 aliphatic heterocycles. The molecular formula is C12H17N3O2. The molecule has 0 saturated carbocycles. The molecule has 0 bridgehead atoms. The molecule has 92 valence electrons. The number of aryl methyl sites for hydroxylation is 1. The second kappa shape index (κ2) is 4.71. The molecule has 2 rings (SSSR count). The van der Waals surface area contributed by atoms with Crippen LogP contribution in [-0.2, 0) is 11.2 Å². The van der Waals surface area contributed by atoms with Gasteiger partial charge in [0.1, 0.15) is 0 Å². The Morgan fingerprint density at radius 2 is 2.35 bits per heavy atom. The number of hydrogen-bond donors (Lipinski definition) is 3. The number of nitrogens with two attached hydrogens (primary N) is 1. The molecule has 0 fully saturated rings. The van der Waals surface area contributed by atoms with E-state index in [1.54, 1.807) is 6.92 Å².